The van der Waals surface area contributed by atoms with Gasteiger partial charge in [-0.25, -0.2) is 9.59 Å². The lowest BCUT2D eigenvalue weighted by Crippen LogP contribution is -2.49. The molecule has 0 bridgehead atoms. The molecule has 0 aliphatic carbocycles. The van der Waals surface area contributed by atoms with Crippen LogP contribution in [0.25, 0.3) is 0 Å². The van der Waals surface area contributed by atoms with E-state index in [0.29, 0.717) is 25.2 Å². The summed E-state index contributed by atoms with van der Waals surface area (Å²) in [5, 5.41) is 22.1. The van der Waals surface area contributed by atoms with Gasteiger partial charge in [0.25, 0.3) is 0 Å². The molecule has 0 aromatic heterocycles. The Hall–Kier alpha value is -1.83. The number of carboxylic acids is 2. The van der Waals surface area contributed by atoms with E-state index in [2.05, 4.69) is 15.5 Å². The first-order valence-corrected chi connectivity index (χ1v) is 6.89. The van der Waals surface area contributed by atoms with Gasteiger partial charge in [-0.2, -0.15) is 0 Å². The second-order valence-corrected chi connectivity index (χ2v) is 5.31. The highest BCUT2D eigenvalue weighted by Crippen LogP contribution is 2.03. The minimum absolute atomic E-state index is 0.327. The van der Waals surface area contributed by atoms with Gasteiger partial charge in [-0.3, -0.25) is 9.69 Å². The lowest BCUT2D eigenvalue weighted by atomic mass is 10.2. The molecular formula is C13H25N3O5. The third-order valence-electron chi connectivity index (χ3n) is 2.96. The van der Waals surface area contributed by atoms with E-state index in [4.69, 9.17) is 10.2 Å². The van der Waals surface area contributed by atoms with Gasteiger partial charge in [0.15, 0.2) is 0 Å². The van der Waals surface area contributed by atoms with E-state index in [-0.39, 0.29) is 0 Å². The molecule has 0 aliphatic rings. The van der Waals surface area contributed by atoms with Crippen molar-refractivity contribution in [2.24, 2.45) is 0 Å². The smallest absolute Gasteiger partial charge is 0.326 e. The van der Waals surface area contributed by atoms with Crippen LogP contribution in [-0.2, 0) is 9.59 Å². The number of nitrogens with one attached hydrogen (secondary N) is 2. The lowest BCUT2D eigenvalue weighted by Gasteiger charge is -2.30. The molecule has 0 aliphatic heterocycles. The summed E-state index contributed by atoms with van der Waals surface area (Å²) in [4.78, 5) is 35.1. The normalized spacial score (nSPS) is 12.5. The fourth-order valence-electron chi connectivity index (χ4n) is 2.00. The summed E-state index contributed by atoms with van der Waals surface area (Å²) in [6.45, 7) is 9.17. The predicted molar refractivity (Wildman–Crippen MR) is 77.2 cm³/mol. The van der Waals surface area contributed by atoms with Gasteiger partial charge in [0, 0.05) is 25.2 Å². The monoisotopic (exact) mass is 303 g/mol. The van der Waals surface area contributed by atoms with E-state index >= 15 is 0 Å². The molecule has 0 spiro atoms. The van der Waals surface area contributed by atoms with Crippen LogP contribution in [0.2, 0.25) is 0 Å². The standard InChI is InChI=1S/C13H25N3O5/c1-8(2)16(9(3)4)6-5-14-13(21)15-10(12(19)20)7-11(17)18/h8-10H,5-7H2,1-4H3,(H,17,18)(H,19,20)(H2,14,15,21)/t10-/m0/s1. The summed E-state index contributed by atoms with van der Waals surface area (Å²) in [6.07, 6.45) is -0.660. The van der Waals surface area contributed by atoms with Crippen LogP contribution in [0.5, 0.6) is 0 Å². The molecule has 8 heteroatoms. The zero-order valence-corrected chi connectivity index (χ0v) is 12.9. The zero-order valence-electron chi connectivity index (χ0n) is 12.9. The topological polar surface area (TPSA) is 119 Å². The van der Waals surface area contributed by atoms with Gasteiger partial charge >= 0.3 is 18.0 Å². The third-order valence-corrected chi connectivity index (χ3v) is 2.96. The van der Waals surface area contributed by atoms with Crippen LogP contribution in [-0.4, -0.2) is 64.3 Å². The van der Waals surface area contributed by atoms with Gasteiger partial charge in [0.1, 0.15) is 6.04 Å². The number of carbonyl (C=O) groups excluding carboxylic acids is 1. The second kappa shape index (κ2) is 9.17. The summed E-state index contributed by atoms with van der Waals surface area (Å²) in [7, 11) is 0. The average Bonchev–Trinajstić information content (AvgIpc) is 2.32. The van der Waals surface area contributed by atoms with Crippen LogP contribution >= 0.6 is 0 Å². The summed E-state index contributed by atoms with van der Waals surface area (Å²) in [6, 6.07) is -1.47. The molecular weight excluding hydrogens is 278 g/mol. The molecule has 21 heavy (non-hydrogen) atoms. The zero-order chi connectivity index (χ0) is 16.6. The molecule has 0 heterocycles. The maximum Gasteiger partial charge on any atom is 0.326 e. The largest absolute Gasteiger partial charge is 0.481 e. The van der Waals surface area contributed by atoms with Crippen LogP contribution in [0, 0.1) is 0 Å². The highest BCUT2D eigenvalue weighted by molar-refractivity contribution is 5.86. The Kier molecular flexibility index (Phi) is 8.37. The van der Waals surface area contributed by atoms with E-state index in [1.54, 1.807) is 0 Å². The Morgan fingerprint density at radius 1 is 1.05 bits per heavy atom. The molecule has 2 amide bonds. The van der Waals surface area contributed by atoms with Crippen molar-refractivity contribution >= 4 is 18.0 Å². The van der Waals surface area contributed by atoms with E-state index < -0.39 is 30.4 Å². The molecule has 8 nitrogen and oxygen atoms in total. The van der Waals surface area contributed by atoms with Crippen molar-refractivity contribution in [1.82, 2.24) is 15.5 Å². The van der Waals surface area contributed by atoms with Crippen LogP contribution in [0.4, 0.5) is 4.79 Å². The van der Waals surface area contributed by atoms with E-state index in [1.807, 2.05) is 27.7 Å². The minimum Gasteiger partial charge on any atom is -0.481 e. The molecule has 0 saturated carbocycles. The number of hydrogen-bond donors (Lipinski definition) is 4. The maximum absolute atomic E-state index is 11.6. The quantitative estimate of drug-likeness (QED) is 0.487. The van der Waals surface area contributed by atoms with Gasteiger partial charge in [-0.1, -0.05) is 0 Å². The van der Waals surface area contributed by atoms with Crippen molar-refractivity contribution in [3.05, 3.63) is 0 Å². The number of nitrogens with zero attached hydrogens (tertiary/aromatic N) is 1. The van der Waals surface area contributed by atoms with Crippen molar-refractivity contribution in [1.29, 1.82) is 0 Å². The Balaban J connectivity index is 4.24. The Morgan fingerprint density at radius 2 is 1.57 bits per heavy atom. The fraction of sp³-hybridized carbons (Fsp3) is 0.769. The number of urea groups is 1. The van der Waals surface area contributed by atoms with Crippen molar-refractivity contribution in [3.8, 4) is 0 Å². The van der Waals surface area contributed by atoms with Crippen molar-refractivity contribution in [2.45, 2.75) is 52.2 Å². The first kappa shape index (κ1) is 19.2. The van der Waals surface area contributed by atoms with Gasteiger partial charge in [-0.15, -0.1) is 0 Å². The first-order chi connectivity index (χ1) is 9.65. The molecule has 0 fully saturated rings. The summed E-state index contributed by atoms with van der Waals surface area (Å²) in [5.41, 5.74) is 0. The van der Waals surface area contributed by atoms with Crippen molar-refractivity contribution in [2.75, 3.05) is 13.1 Å². The molecule has 0 aromatic carbocycles. The SMILES string of the molecule is CC(C)N(CCNC(=O)N[C@@H](CC(=O)O)C(=O)O)C(C)C. The molecule has 0 unspecified atom stereocenters. The summed E-state index contributed by atoms with van der Waals surface area (Å²) >= 11 is 0. The van der Waals surface area contributed by atoms with Gasteiger partial charge in [0.2, 0.25) is 0 Å². The van der Waals surface area contributed by atoms with Crippen LogP contribution in [0.1, 0.15) is 34.1 Å². The van der Waals surface area contributed by atoms with Gasteiger partial charge in [-0.05, 0) is 27.7 Å². The predicted octanol–water partition coefficient (Wildman–Crippen LogP) is 0.332. The van der Waals surface area contributed by atoms with E-state index in [0.717, 1.165) is 0 Å². The molecule has 4 N–H and O–H groups in total. The second-order valence-electron chi connectivity index (χ2n) is 5.31. The molecule has 122 valence electrons. The molecule has 0 saturated heterocycles. The van der Waals surface area contributed by atoms with Crippen molar-refractivity contribution in [3.63, 3.8) is 0 Å². The molecule has 0 aromatic rings. The number of carbonyl (C=O) groups is 3. The lowest BCUT2D eigenvalue weighted by molar-refractivity contribution is -0.145. The highest BCUT2D eigenvalue weighted by Gasteiger charge is 2.23. The molecule has 0 rings (SSSR count). The average molecular weight is 303 g/mol. The molecule has 1 atom stereocenters. The van der Waals surface area contributed by atoms with Gasteiger partial charge in [0.05, 0.1) is 6.42 Å². The number of hydrogen-bond acceptors (Lipinski definition) is 4. The highest BCUT2D eigenvalue weighted by atomic mass is 16.4. The summed E-state index contributed by atoms with van der Waals surface area (Å²) in [5.74, 6) is -2.66. The number of rotatable bonds is 9. The van der Waals surface area contributed by atoms with E-state index in [9.17, 15) is 14.4 Å². The summed E-state index contributed by atoms with van der Waals surface area (Å²) < 4.78 is 0. The van der Waals surface area contributed by atoms with Crippen LogP contribution in [0.15, 0.2) is 0 Å². The fourth-order valence-corrected chi connectivity index (χ4v) is 2.00. The number of aliphatic carboxylic acids is 2. The number of amides is 2. The first-order valence-electron chi connectivity index (χ1n) is 6.89. The van der Waals surface area contributed by atoms with E-state index in [1.165, 1.54) is 0 Å². The van der Waals surface area contributed by atoms with Crippen LogP contribution in [0.3, 0.4) is 0 Å². The number of carboxylic acid groups (broad SMARTS) is 2. The Morgan fingerprint density at radius 3 is 1.95 bits per heavy atom. The van der Waals surface area contributed by atoms with Crippen LogP contribution < -0.4 is 10.6 Å². The van der Waals surface area contributed by atoms with Gasteiger partial charge < -0.3 is 20.8 Å². The molecule has 0 radical (unpaired) electrons. The maximum atomic E-state index is 11.6. The van der Waals surface area contributed by atoms with Crippen molar-refractivity contribution < 1.29 is 24.6 Å². The third kappa shape index (κ3) is 8.13. The Bertz CT molecular complexity index is 363. The Labute approximate surface area is 124 Å². The minimum atomic E-state index is -1.44.